The zero-order valence-electron chi connectivity index (χ0n) is 9.43. The number of ether oxygens (including phenoxy) is 2. The van der Waals surface area contributed by atoms with Gasteiger partial charge in [-0.3, -0.25) is 0 Å². The summed E-state index contributed by atoms with van der Waals surface area (Å²) >= 11 is 0. The zero-order valence-corrected chi connectivity index (χ0v) is 9.43. The van der Waals surface area contributed by atoms with Crippen molar-refractivity contribution in [3.05, 3.63) is 30.0 Å². The topological polar surface area (TPSA) is 68.7 Å². The van der Waals surface area contributed by atoms with Gasteiger partial charge in [-0.2, -0.15) is 0 Å². The standard InChI is InChI=1S/C12H11NO4/c1-16-9-5-6-10(17-2)11-7(9)3-4-8(13-11)12(14)15/h3-6H,1-2H3,(H,14,15). The molecule has 5 heteroatoms. The van der Waals surface area contributed by atoms with E-state index in [2.05, 4.69) is 4.98 Å². The van der Waals surface area contributed by atoms with Gasteiger partial charge in [-0.15, -0.1) is 0 Å². The Bertz CT molecular complexity index is 580. The van der Waals surface area contributed by atoms with E-state index in [9.17, 15) is 4.79 Å². The van der Waals surface area contributed by atoms with E-state index in [0.717, 1.165) is 5.39 Å². The number of aromatic nitrogens is 1. The van der Waals surface area contributed by atoms with Crippen LogP contribution in [0.5, 0.6) is 11.5 Å². The molecule has 0 spiro atoms. The number of hydrogen-bond acceptors (Lipinski definition) is 4. The van der Waals surface area contributed by atoms with Gasteiger partial charge in [-0.05, 0) is 24.3 Å². The molecule has 0 saturated heterocycles. The summed E-state index contributed by atoms with van der Waals surface area (Å²) in [4.78, 5) is 14.9. The number of pyridine rings is 1. The van der Waals surface area contributed by atoms with Crippen LogP contribution in [-0.2, 0) is 0 Å². The Balaban J connectivity index is 2.77. The Labute approximate surface area is 97.6 Å². The van der Waals surface area contributed by atoms with E-state index in [-0.39, 0.29) is 5.69 Å². The van der Waals surface area contributed by atoms with Crippen molar-refractivity contribution in [3.63, 3.8) is 0 Å². The highest BCUT2D eigenvalue weighted by molar-refractivity contribution is 5.94. The van der Waals surface area contributed by atoms with E-state index in [4.69, 9.17) is 14.6 Å². The first-order valence-electron chi connectivity index (χ1n) is 4.92. The van der Waals surface area contributed by atoms with E-state index in [1.165, 1.54) is 13.2 Å². The van der Waals surface area contributed by atoms with Crippen LogP contribution in [0.2, 0.25) is 0 Å². The van der Waals surface area contributed by atoms with Crippen LogP contribution >= 0.6 is 0 Å². The molecule has 1 aromatic carbocycles. The predicted molar refractivity (Wildman–Crippen MR) is 61.8 cm³/mol. The summed E-state index contributed by atoms with van der Waals surface area (Å²) in [6, 6.07) is 6.54. The highest BCUT2D eigenvalue weighted by atomic mass is 16.5. The van der Waals surface area contributed by atoms with Crippen molar-refractivity contribution in [2.75, 3.05) is 14.2 Å². The predicted octanol–water partition coefficient (Wildman–Crippen LogP) is 1.95. The van der Waals surface area contributed by atoms with Crippen LogP contribution in [0.25, 0.3) is 10.9 Å². The lowest BCUT2D eigenvalue weighted by atomic mass is 10.1. The van der Waals surface area contributed by atoms with Crippen molar-refractivity contribution >= 4 is 16.9 Å². The summed E-state index contributed by atoms with van der Waals surface area (Å²) in [6.45, 7) is 0. The third-order valence-electron chi connectivity index (χ3n) is 2.44. The third-order valence-corrected chi connectivity index (χ3v) is 2.44. The van der Waals surface area contributed by atoms with Crippen molar-refractivity contribution < 1.29 is 19.4 Å². The van der Waals surface area contributed by atoms with Crippen molar-refractivity contribution in [1.29, 1.82) is 0 Å². The molecule has 0 atom stereocenters. The number of hydrogen-bond donors (Lipinski definition) is 1. The van der Waals surface area contributed by atoms with E-state index in [1.54, 1.807) is 25.3 Å². The van der Waals surface area contributed by atoms with Crippen LogP contribution in [0.4, 0.5) is 0 Å². The largest absolute Gasteiger partial charge is 0.496 e. The monoisotopic (exact) mass is 233 g/mol. The molecule has 0 aliphatic rings. The quantitative estimate of drug-likeness (QED) is 0.877. The highest BCUT2D eigenvalue weighted by Gasteiger charge is 2.12. The molecule has 0 amide bonds. The van der Waals surface area contributed by atoms with Crippen molar-refractivity contribution in [1.82, 2.24) is 4.98 Å². The van der Waals surface area contributed by atoms with Gasteiger partial charge in [0.15, 0.2) is 0 Å². The van der Waals surface area contributed by atoms with Crippen molar-refractivity contribution in [2.24, 2.45) is 0 Å². The first-order chi connectivity index (χ1) is 8.17. The fourth-order valence-electron chi connectivity index (χ4n) is 1.63. The molecule has 1 aromatic heterocycles. The maximum atomic E-state index is 10.9. The highest BCUT2D eigenvalue weighted by Crippen LogP contribution is 2.31. The van der Waals surface area contributed by atoms with Gasteiger partial charge < -0.3 is 14.6 Å². The number of fused-ring (bicyclic) bond motifs is 1. The molecule has 88 valence electrons. The van der Waals surface area contributed by atoms with Gasteiger partial charge in [-0.1, -0.05) is 0 Å². The molecular formula is C12H11NO4. The molecule has 2 rings (SSSR count). The van der Waals surface area contributed by atoms with E-state index < -0.39 is 5.97 Å². The number of aromatic carboxylic acids is 1. The number of methoxy groups -OCH3 is 2. The van der Waals surface area contributed by atoms with Crippen LogP contribution in [-0.4, -0.2) is 30.3 Å². The van der Waals surface area contributed by atoms with Gasteiger partial charge in [0, 0.05) is 5.39 Å². The molecule has 1 heterocycles. The number of carbonyl (C=O) groups is 1. The minimum absolute atomic E-state index is 0.0240. The lowest BCUT2D eigenvalue weighted by Crippen LogP contribution is -2.01. The van der Waals surface area contributed by atoms with E-state index in [0.29, 0.717) is 17.0 Å². The summed E-state index contributed by atoms with van der Waals surface area (Å²) in [5, 5.41) is 9.62. The zero-order chi connectivity index (χ0) is 12.4. The third kappa shape index (κ3) is 1.87. The Morgan fingerprint density at radius 1 is 1.12 bits per heavy atom. The molecule has 5 nitrogen and oxygen atoms in total. The molecule has 2 aromatic rings. The molecule has 0 saturated carbocycles. The molecule has 0 aliphatic heterocycles. The SMILES string of the molecule is COc1ccc(OC)c2nc(C(=O)O)ccc12. The second kappa shape index (κ2) is 4.29. The molecule has 17 heavy (non-hydrogen) atoms. The number of carboxylic acid groups (broad SMARTS) is 1. The van der Waals surface area contributed by atoms with Crippen molar-refractivity contribution in [2.45, 2.75) is 0 Å². The van der Waals surface area contributed by atoms with Crippen LogP contribution in [0.15, 0.2) is 24.3 Å². The molecular weight excluding hydrogens is 222 g/mol. The fourth-order valence-corrected chi connectivity index (χ4v) is 1.63. The minimum atomic E-state index is -1.07. The molecule has 0 aliphatic carbocycles. The van der Waals surface area contributed by atoms with Gasteiger partial charge in [0.05, 0.1) is 14.2 Å². The molecule has 0 unspecified atom stereocenters. The normalized spacial score (nSPS) is 10.2. The van der Waals surface area contributed by atoms with Crippen molar-refractivity contribution in [3.8, 4) is 11.5 Å². The maximum absolute atomic E-state index is 10.9. The lowest BCUT2D eigenvalue weighted by Gasteiger charge is -2.09. The smallest absolute Gasteiger partial charge is 0.354 e. The van der Waals surface area contributed by atoms with E-state index >= 15 is 0 Å². The minimum Gasteiger partial charge on any atom is -0.496 e. The second-order valence-electron chi connectivity index (χ2n) is 3.37. The second-order valence-corrected chi connectivity index (χ2v) is 3.37. The molecule has 0 radical (unpaired) electrons. The van der Waals surface area contributed by atoms with Crippen LogP contribution < -0.4 is 9.47 Å². The summed E-state index contributed by atoms with van der Waals surface area (Å²) < 4.78 is 10.3. The maximum Gasteiger partial charge on any atom is 0.354 e. The van der Waals surface area contributed by atoms with Gasteiger partial charge in [0.25, 0.3) is 0 Å². The number of carboxylic acids is 1. The van der Waals surface area contributed by atoms with Crippen LogP contribution in [0.3, 0.4) is 0 Å². The van der Waals surface area contributed by atoms with Crippen LogP contribution in [0.1, 0.15) is 10.5 Å². The molecule has 0 fully saturated rings. The Morgan fingerprint density at radius 2 is 1.76 bits per heavy atom. The summed E-state index contributed by atoms with van der Waals surface area (Å²) in [7, 11) is 3.06. The molecule has 0 bridgehead atoms. The number of rotatable bonds is 3. The van der Waals surface area contributed by atoms with Gasteiger partial charge in [0.2, 0.25) is 0 Å². The Morgan fingerprint density at radius 3 is 2.35 bits per heavy atom. The Kier molecular flexibility index (Phi) is 2.82. The molecule has 1 N–H and O–H groups in total. The summed E-state index contributed by atoms with van der Waals surface area (Å²) in [6.07, 6.45) is 0. The Hall–Kier alpha value is -2.30. The number of nitrogens with zero attached hydrogens (tertiary/aromatic N) is 1. The number of benzene rings is 1. The lowest BCUT2D eigenvalue weighted by molar-refractivity contribution is 0.0691. The van der Waals surface area contributed by atoms with Gasteiger partial charge in [-0.25, -0.2) is 9.78 Å². The van der Waals surface area contributed by atoms with Gasteiger partial charge in [0.1, 0.15) is 22.7 Å². The summed E-state index contributed by atoms with van der Waals surface area (Å²) in [5.74, 6) is 0.0749. The first kappa shape index (κ1) is 11.2. The van der Waals surface area contributed by atoms with Crippen LogP contribution in [0, 0.1) is 0 Å². The summed E-state index contributed by atoms with van der Waals surface area (Å²) in [5.41, 5.74) is 0.454. The average molecular weight is 233 g/mol. The first-order valence-corrected chi connectivity index (χ1v) is 4.92. The average Bonchev–Trinajstić information content (AvgIpc) is 2.36. The van der Waals surface area contributed by atoms with Gasteiger partial charge >= 0.3 is 5.97 Å². The fraction of sp³-hybridized carbons (Fsp3) is 0.167. The van der Waals surface area contributed by atoms with E-state index in [1.807, 2.05) is 0 Å².